The Morgan fingerprint density at radius 2 is 1.11 bits per heavy atom. The van der Waals surface area contributed by atoms with Crippen LogP contribution in [0.1, 0.15) is 38.9 Å². The number of hydrogen-bond acceptors (Lipinski definition) is 4. The van der Waals surface area contributed by atoms with E-state index in [1.807, 2.05) is 12.1 Å². The van der Waals surface area contributed by atoms with Crippen LogP contribution >= 0.6 is 0 Å². The largest absolute Gasteiger partial charge is 0.457 e. The van der Waals surface area contributed by atoms with Gasteiger partial charge >= 0.3 is 0 Å². The number of benzene rings is 8. The third-order valence-corrected chi connectivity index (χ3v) is 11.8. The first kappa shape index (κ1) is 30.3. The smallest absolute Gasteiger partial charge is 0.136 e. The Bertz CT molecular complexity index is 3100. The van der Waals surface area contributed by atoms with Gasteiger partial charge in [-0.15, -0.1) is 0 Å². The summed E-state index contributed by atoms with van der Waals surface area (Å²) in [4.78, 5) is 5.69. The van der Waals surface area contributed by atoms with Crippen LogP contribution in [0.5, 0.6) is 11.5 Å². The van der Waals surface area contributed by atoms with E-state index >= 15 is 0 Å². The van der Waals surface area contributed by atoms with Crippen molar-refractivity contribution in [1.29, 1.82) is 0 Å². The first-order valence-corrected chi connectivity index (χ1v) is 18.8. The summed E-state index contributed by atoms with van der Waals surface area (Å²) in [6.45, 7) is 0.571. The minimum absolute atomic E-state index is 0.571. The van der Waals surface area contributed by atoms with Gasteiger partial charge in [-0.2, -0.15) is 0 Å². The van der Waals surface area contributed by atoms with E-state index in [4.69, 9.17) is 14.1 Å². The number of hydrogen-bond donors (Lipinski definition) is 1. The second-order valence-electron chi connectivity index (χ2n) is 14.6. The van der Waals surface area contributed by atoms with Crippen molar-refractivity contribution in [3.05, 3.63) is 215 Å². The molecule has 1 spiro atoms. The fraction of sp³-hybridized carbons (Fsp3) is 0.0392. The van der Waals surface area contributed by atoms with Crippen molar-refractivity contribution in [2.24, 2.45) is 4.99 Å². The Labute approximate surface area is 317 Å². The van der Waals surface area contributed by atoms with Gasteiger partial charge in [0.15, 0.2) is 0 Å². The lowest BCUT2D eigenvalue weighted by atomic mass is 9.66. The summed E-state index contributed by atoms with van der Waals surface area (Å²) in [6.07, 6.45) is 0. The molecule has 8 aromatic carbocycles. The van der Waals surface area contributed by atoms with E-state index in [0.29, 0.717) is 6.54 Å². The Morgan fingerprint density at radius 3 is 1.96 bits per heavy atom. The van der Waals surface area contributed by atoms with Gasteiger partial charge in [-0.05, 0) is 63.4 Å². The maximum Gasteiger partial charge on any atom is 0.136 e. The average molecular weight is 705 g/mol. The van der Waals surface area contributed by atoms with E-state index in [1.54, 1.807) is 0 Å². The molecule has 2 aliphatic heterocycles. The molecular weight excluding hydrogens is 673 g/mol. The van der Waals surface area contributed by atoms with Gasteiger partial charge in [0.1, 0.15) is 22.7 Å². The minimum atomic E-state index is -0.575. The van der Waals surface area contributed by atoms with Gasteiger partial charge in [0, 0.05) is 38.6 Å². The van der Waals surface area contributed by atoms with Crippen LogP contribution in [0.4, 0.5) is 0 Å². The highest BCUT2D eigenvalue weighted by Gasteiger charge is 2.51. The van der Waals surface area contributed by atoms with Gasteiger partial charge in [0.05, 0.1) is 29.1 Å². The Morgan fingerprint density at radius 1 is 0.491 bits per heavy atom. The van der Waals surface area contributed by atoms with E-state index in [-0.39, 0.29) is 0 Å². The predicted octanol–water partition coefficient (Wildman–Crippen LogP) is 12.1. The zero-order valence-corrected chi connectivity index (χ0v) is 29.7. The monoisotopic (exact) mass is 704 g/mol. The van der Waals surface area contributed by atoms with Crippen molar-refractivity contribution >= 4 is 49.8 Å². The number of para-hydroxylation sites is 3. The third kappa shape index (κ3) is 4.19. The molecule has 0 amide bonds. The number of ether oxygens (including phenoxy) is 1. The average Bonchev–Trinajstić information content (AvgIpc) is 3.77. The number of rotatable bonds is 3. The maximum atomic E-state index is 6.62. The molecule has 55 heavy (non-hydrogen) atoms. The third-order valence-electron chi connectivity index (χ3n) is 11.8. The molecule has 3 heterocycles. The molecule has 1 N–H and O–H groups in total. The molecule has 4 nitrogen and oxygen atoms in total. The summed E-state index contributed by atoms with van der Waals surface area (Å²) >= 11 is 0. The molecule has 3 aliphatic rings. The Hall–Kier alpha value is -7.17. The van der Waals surface area contributed by atoms with Crippen molar-refractivity contribution in [2.75, 3.05) is 6.54 Å². The number of aliphatic imine (C=N–C) groups is 1. The summed E-state index contributed by atoms with van der Waals surface area (Å²) in [5.74, 6) is 1.76. The van der Waals surface area contributed by atoms with Gasteiger partial charge in [-0.3, -0.25) is 0 Å². The van der Waals surface area contributed by atoms with Gasteiger partial charge in [-0.25, -0.2) is 4.99 Å². The van der Waals surface area contributed by atoms with Crippen LogP contribution in [-0.2, 0) is 5.41 Å². The summed E-state index contributed by atoms with van der Waals surface area (Å²) < 4.78 is 13.0. The Kier molecular flexibility index (Phi) is 6.29. The molecular formula is C51H32N2O2. The first-order valence-electron chi connectivity index (χ1n) is 18.8. The second kappa shape index (κ2) is 11.4. The van der Waals surface area contributed by atoms with Crippen LogP contribution < -0.4 is 10.1 Å². The lowest BCUT2D eigenvalue weighted by Gasteiger charge is -2.39. The van der Waals surface area contributed by atoms with E-state index in [0.717, 1.165) is 78.4 Å². The summed E-state index contributed by atoms with van der Waals surface area (Å²) in [7, 11) is 0. The molecule has 1 aromatic heterocycles. The molecule has 1 aliphatic carbocycles. The SMILES string of the molecule is c1ccc2c(c1)Oc1ccccc1C21c2ccccc2-c2c(C3=C(c4cccc5ccccc45)NCC(c4ccc5c(c4)oc4ccccc45)=N3)cccc21. The molecule has 0 radical (unpaired) electrons. The molecule has 0 fully saturated rings. The van der Waals surface area contributed by atoms with Gasteiger partial charge in [-0.1, -0.05) is 146 Å². The van der Waals surface area contributed by atoms with Crippen LogP contribution in [0.15, 0.2) is 185 Å². The summed E-state index contributed by atoms with van der Waals surface area (Å²) in [5.41, 5.74) is 14.5. The zero-order chi connectivity index (χ0) is 36.1. The molecule has 258 valence electrons. The normalized spacial score (nSPS) is 14.9. The fourth-order valence-corrected chi connectivity index (χ4v) is 9.52. The number of fused-ring (bicyclic) bond motifs is 13. The molecule has 4 heteroatoms. The molecule has 0 atom stereocenters. The minimum Gasteiger partial charge on any atom is -0.457 e. The van der Waals surface area contributed by atoms with Crippen LogP contribution in [-0.4, -0.2) is 12.3 Å². The van der Waals surface area contributed by atoms with Crippen molar-refractivity contribution in [3.8, 4) is 22.6 Å². The number of furan rings is 1. The first-order chi connectivity index (χ1) is 27.3. The molecule has 12 rings (SSSR count). The van der Waals surface area contributed by atoms with Crippen LogP contribution in [0.25, 0.3) is 55.2 Å². The molecule has 0 bridgehead atoms. The molecule has 0 saturated carbocycles. The lowest BCUT2D eigenvalue weighted by molar-refractivity contribution is 0.436. The summed E-state index contributed by atoms with van der Waals surface area (Å²) in [5, 5.41) is 8.52. The van der Waals surface area contributed by atoms with Crippen molar-refractivity contribution < 1.29 is 9.15 Å². The number of nitrogens with zero attached hydrogens (tertiary/aromatic N) is 1. The molecule has 0 saturated heterocycles. The van der Waals surface area contributed by atoms with Crippen molar-refractivity contribution in [1.82, 2.24) is 5.32 Å². The topological polar surface area (TPSA) is 46.8 Å². The quantitative estimate of drug-likeness (QED) is 0.199. The van der Waals surface area contributed by atoms with Gasteiger partial charge in [0.2, 0.25) is 0 Å². The number of nitrogens with one attached hydrogen (secondary N) is 1. The van der Waals surface area contributed by atoms with E-state index in [9.17, 15) is 0 Å². The lowest BCUT2D eigenvalue weighted by Crippen LogP contribution is -2.32. The van der Waals surface area contributed by atoms with Gasteiger partial charge < -0.3 is 14.5 Å². The highest BCUT2D eigenvalue weighted by atomic mass is 16.5. The van der Waals surface area contributed by atoms with Crippen molar-refractivity contribution in [2.45, 2.75) is 5.41 Å². The van der Waals surface area contributed by atoms with Crippen LogP contribution in [0, 0.1) is 0 Å². The van der Waals surface area contributed by atoms with Gasteiger partial charge in [0.25, 0.3) is 0 Å². The highest BCUT2D eigenvalue weighted by Crippen LogP contribution is 2.63. The predicted molar refractivity (Wildman–Crippen MR) is 223 cm³/mol. The Balaban J connectivity index is 1.16. The maximum absolute atomic E-state index is 6.62. The van der Waals surface area contributed by atoms with Crippen LogP contribution in [0.3, 0.4) is 0 Å². The van der Waals surface area contributed by atoms with E-state index in [2.05, 4.69) is 169 Å². The van der Waals surface area contributed by atoms with E-state index in [1.165, 1.54) is 33.0 Å². The zero-order valence-electron chi connectivity index (χ0n) is 29.7. The van der Waals surface area contributed by atoms with E-state index < -0.39 is 5.41 Å². The van der Waals surface area contributed by atoms with Crippen LogP contribution in [0.2, 0.25) is 0 Å². The van der Waals surface area contributed by atoms with Crippen molar-refractivity contribution in [3.63, 3.8) is 0 Å². The summed E-state index contributed by atoms with van der Waals surface area (Å²) in [6, 6.07) is 62.6. The fourth-order valence-electron chi connectivity index (χ4n) is 9.52. The molecule has 0 unspecified atom stereocenters. The highest BCUT2D eigenvalue weighted by molar-refractivity contribution is 6.15. The molecule has 9 aromatic rings. The standard InChI is InChI=1S/C51H32N2O2/c1-2-15-33-31(13-1)14-11-18-36(33)49-50(53-43(30-52-49)32-27-28-35-34-16-4-8-24-44(34)54-47(35)29-32)38-19-12-23-42-48(38)37-17-3-5-20-39(37)51(42)40-21-6-9-25-45(40)55-46-26-10-7-22-41(46)51/h1-29,52H,30H2. The second-order valence-corrected chi connectivity index (χ2v) is 14.6.